The highest BCUT2D eigenvalue weighted by molar-refractivity contribution is 5.29. The summed E-state index contributed by atoms with van der Waals surface area (Å²) in [5.41, 5.74) is 2.18. The lowest BCUT2D eigenvalue weighted by Gasteiger charge is -2.26. The molecule has 1 aromatic rings. The zero-order valence-corrected chi connectivity index (χ0v) is 10.2. The normalized spacial score (nSPS) is 19.3. The Balaban J connectivity index is 2.21. The Labute approximate surface area is 102 Å². The molecule has 1 unspecified atom stereocenters. The molecule has 90 valence electrons. The molecule has 0 bridgehead atoms. The van der Waals surface area contributed by atoms with Crippen molar-refractivity contribution < 1.29 is 0 Å². The van der Waals surface area contributed by atoms with Crippen LogP contribution in [-0.2, 0) is 0 Å². The molecule has 1 aliphatic rings. The van der Waals surface area contributed by atoms with E-state index in [0.717, 1.165) is 43.7 Å². The van der Waals surface area contributed by atoms with Crippen LogP contribution in [0.1, 0.15) is 23.6 Å². The lowest BCUT2D eigenvalue weighted by atomic mass is 10.0. The molecule has 0 aromatic carbocycles. The molecule has 2 rings (SSSR count). The molecule has 1 aromatic heterocycles. The van der Waals surface area contributed by atoms with Crippen molar-refractivity contribution >= 4 is 0 Å². The average Bonchev–Trinajstić information content (AvgIpc) is 2.62. The number of aromatic nitrogens is 1. The first-order valence-corrected chi connectivity index (χ1v) is 6.08. The van der Waals surface area contributed by atoms with Crippen molar-refractivity contribution in [2.24, 2.45) is 0 Å². The fraction of sp³-hybridized carbons (Fsp3) is 0.538. The molecular formula is C13H18N4. The quantitative estimate of drug-likeness (QED) is 0.830. The summed E-state index contributed by atoms with van der Waals surface area (Å²) in [7, 11) is 0. The molecule has 4 nitrogen and oxygen atoms in total. The number of hydrogen-bond acceptors (Lipinski definition) is 4. The number of nitrogens with one attached hydrogen (secondary N) is 1. The minimum Gasteiger partial charge on any atom is -0.315 e. The minimum absolute atomic E-state index is 0.163. The Bertz CT molecular complexity index is 402. The van der Waals surface area contributed by atoms with Crippen molar-refractivity contribution in [3.8, 4) is 6.07 Å². The highest BCUT2D eigenvalue weighted by atomic mass is 15.2. The van der Waals surface area contributed by atoms with Gasteiger partial charge in [-0.15, -0.1) is 0 Å². The third-order valence-corrected chi connectivity index (χ3v) is 3.24. The van der Waals surface area contributed by atoms with E-state index in [0.29, 0.717) is 0 Å². The van der Waals surface area contributed by atoms with Gasteiger partial charge in [0.25, 0.3) is 0 Å². The van der Waals surface area contributed by atoms with E-state index in [1.165, 1.54) is 0 Å². The zero-order valence-electron chi connectivity index (χ0n) is 10.2. The van der Waals surface area contributed by atoms with Gasteiger partial charge in [0, 0.05) is 37.6 Å². The molecule has 0 aliphatic carbocycles. The number of nitriles is 1. The van der Waals surface area contributed by atoms with E-state index in [9.17, 15) is 5.26 Å². The smallest absolute Gasteiger partial charge is 0.125 e. The van der Waals surface area contributed by atoms with Crippen LogP contribution in [-0.4, -0.2) is 36.1 Å². The zero-order chi connectivity index (χ0) is 12.1. The molecule has 2 heterocycles. The summed E-state index contributed by atoms with van der Waals surface area (Å²) < 4.78 is 0. The second kappa shape index (κ2) is 5.76. The predicted octanol–water partition coefficient (Wildman–Crippen LogP) is 1.25. The van der Waals surface area contributed by atoms with E-state index in [-0.39, 0.29) is 6.04 Å². The highest BCUT2D eigenvalue weighted by Gasteiger charge is 2.22. The topological polar surface area (TPSA) is 52.0 Å². The van der Waals surface area contributed by atoms with Crippen molar-refractivity contribution in [3.05, 3.63) is 29.6 Å². The van der Waals surface area contributed by atoms with Crippen LogP contribution in [0.5, 0.6) is 0 Å². The van der Waals surface area contributed by atoms with E-state index in [1.807, 2.05) is 19.2 Å². The van der Waals surface area contributed by atoms with Gasteiger partial charge in [0.15, 0.2) is 0 Å². The van der Waals surface area contributed by atoms with Gasteiger partial charge >= 0.3 is 0 Å². The van der Waals surface area contributed by atoms with Gasteiger partial charge in [0.2, 0.25) is 0 Å². The maximum Gasteiger partial charge on any atom is 0.125 e. The molecular weight excluding hydrogens is 212 g/mol. The van der Waals surface area contributed by atoms with Gasteiger partial charge in [-0.1, -0.05) is 0 Å². The summed E-state index contributed by atoms with van der Waals surface area (Å²) in [6.45, 7) is 5.93. The molecule has 1 aliphatic heterocycles. The van der Waals surface area contributed by atoms with E-state index in [4.69, 9.17) is 0 Å². The molecule has 1 saturated heterocycles. The first kappa shape index (κ1) is 12.0. The lowest BCUT2D eigenvalue weighted by Crippen LogP contribution is -2.32. The Kier molecular flexibility index (Phi) is 4.08. The number of hydrogen-bond donors (Lipinski definition) is 1. The summed E-state index contributed by atoms with van der Waals surface area (Å²) in [6.07, 6.45) is 4.69. The number of pyridine rings is 1. The molecule has 0 radical (unpaired) electrons. The molecule has 1 N–H and O–H groups in total. The maximum atomic E-state index is 9.41. The predicted molar refractivity (Wildman–Crippen MR) is 66.4 cm³/mol. The third-order valence-electron chi connectivity index (χ3n) is 3.24. The van der Waals surface area contributed by atoms with Crippen LogP contribution >= 0.6 is 0 Å². The highest BCUT2D eigenvalue weighted by Crippen LogP contribution is 2.22. The van der Waals surface area contributed by atoms with Crippen molar-refractivity contribution in [2.75, 3.05) is 26.2 Å². The molecule has 0 amide bonds. The average molecular weight is 230 g/mol. The van der Waals surface area contributed by atoms with Crippen LogP contribution in [0.4, 0.5) is 0 Å². The van der Waals surface area contributed by atoms with Gasteiger partial charge in [-0.05, 0) is 31.5 Å². The molecule has 1 atom stereocenters. The maximum absolute atomic E-state index is 9.41. The third kappa shape index (κ3) is 2.82. The largest absolute Gasteiger partial charge is 0.315 e. The number of aryl methyl sites for hydroxylation is 1. The molecule has 4 heteroatoms. The Morgan fingerprint density at radius 3 is 3.12 bits per heavy atom. The number of rotatable bonds is 2. The van der Waals surface area contributed by atoms with Gasteiger partial charge in [0.05, 0.1) is 6.07 Å². The minimum atomic E-state index is -0.163. The van der Waals surface area contributed by atoms with Crippen molar-refractivity contribution in [1.29, 1.82) is 5.26 Å². The molecule has 17 heavy (non-hydrogen) atoms. The van der Waals surface area contributed by atoms with Gasteiger partial charge in [-0.2, -0.15) is 5.26 Å². The van der Waals surface area contributed by atoms with Gasteiger partial charge in [0.1, 0.15) is 6.04 Å². The summed E-state index contributed by atoms with van der Waals surface area (Å²) in [5, 5.41) is 12.8. The lowest BCUT2D eigenvalue weighted by molar-refractivity contribution is 0.251. The van der Waals surface area contributed by atoms with E-state index >= 15 is 0 Å². The Hall–Kier alpha value is -1.44. The van der Waals surface area contributed by atoms with Crippen LogP contribution in [0.2, 0.25) is 0 Å². The van der Waals surface area contributed by atoms with Crippen molar-refractivity contribution in [1.82, 2.24) is 15.2 Å². The van der Waals surface area contributed by atoms with Gasteiger partial charge in [-0.3, -0.25) is 9.88 Å². The van der Waals surface area contributed by atoms with Gasteiger partial charge < -0.3 is 5.32 Å². The fourth-order valence-corrected chi connectivity index (χ4v) is 2.24. The molecule has 0 saturated carbocycles. The standard InChI is InChI=1S/C13H18N4/c1-11-3-5-16-10-12(11)13(9-14)17-7-2-4-15-6-8-17/h3,5,10,13,15H,2,4,6-8H2,1H3. The van der Waals surface area contributed by atoms with Crippen molar-refractivity contribution in [2.45, 2.75) is 19.4 Å². The number of nitrogens with zero attached hydrogens (tertiary/aromatic N) is 3. The van der Waals surface area contributed by atoms with Crippen LogP contribution < -0.4 is 5.32 Å². The van der Waals surface area contributed by atoms with Crippen molar-refractivity contribution in [3.63, 3.8) is 0 Å². The molecule has 0 spiro atoms. The van der Waals surface area contributed by atoms with Crippen LogP contribution in [0.25, 0.3) is 0 Å². The second-order valence-electron chi connectivity index (χ2n) is 4.40. The summed E-state index contributed by atoms with van der Waals surface area (Å²) >= 11 is 0. The first-order valence-electron chi connectivity index (χ1n) is 6.08. The van der Waals surface area contributed by atoms with Gasteiger partial charge in [-0.25, -0.2) is 0 Å². The first-order chi connectivity index (χ1) is 8.33. The van der Waals surface area contributed by atoms with Crippen LogP contribution in [0, 0.1) is 18.3 Å². The van der Waals surface area contributed by atoms with Crippen LogP contribution in [0.3, 0.4) is 0 Å². The Morgan fingerprint density at radius 2 is 2.35 bits per heavy atom. The van der Waals surface area contributed by atoms with Crippen LogP contribution in [0.15, 0.2) is 18.5 Å². The molecule has 1 fully saturated rings. The second-order valence-corrected chi connectivity index (χ2v) is 4.40. The fourth-order valence-electron chi connectivity index (χ4n) is 2.24. The monoisotopic (exact) mass is 230 g/mol. The Morgan fingerprint density at radius 1 is 1.47 bits per heavy atom. The SMILES string of the molecule is Cc1ccncc1C(C#N)N1CCCNCC1. The van der Waals surface area contributed by atoms with E-state index in [2.05, 4.69) is 21.3 Å². The van der Waals surface area contributed by atoms with E-state index < -0.39 is 0 Å². The summed E-state index contributed by atoms with van der Waals surface area (Å²) in [6, 6.07) is 4.22. The van der Waals surface area contributed by atoms with E-state index in [1.54, 1.807) is 6.20 Å². The summed E-state index contributed by atoms with van der Waals surface area (Å²) in [4.78, 5) is 6.38. The summed E-state index contributed by atoms with van der Waals surface area (Å²) in [5.74, 6) is 0.